The van der Waals surface area contributed by atoms with E-state index in [1.807, 2.05) is 11.8 Å². The van der Waals surface area contributed by atoms with Crippen LogP contribution in [0.1, 0.15) is 0 Å². The number of hydrogen-bond acceptors (Lipinski definition) is 5. The first-order chi connectivity index (χ1) is 6.20. The molecule has 13 heavy (non-hydrogen) atoms. The van der Waals surface area contributed by atoms with Crippen molar-refractivity contribution in [2.45, 2.75) is 0 Å². The van der Waals surface area contributed by atoms with Crippen molar-refractivity contribution < 1.29 is 9.90 Å². The van der Waals surface area contributed by atoms with Gasteiger partial charge in [-0.3, -0.25) is 0 Å². The van der Waals surface area contributed by atoms with Gasteiger partial charge in [-0.1, -0.05) is 24.0 Å². The van der Waals surface area contributed by atoms with E-state index in [9.17, 15) is 9.90 Å². The third-order valence-corrected chi connectivity index (χ3v) is 4.02. The maximum atomic E-state index is 10.2. The number of carbonyl (C=O) groups is 1. The first-order valence-corrected chi connectivity index (χ1v) is 6.44. The molecule has 1 heterocycles. The Balaban J connectivity index is 2.25. The molecule has 0 aromatic carbocycles. The van der Waals surface area contributed by atoms with Crippen LogP contribution in [0.25, 0.3) is 0 Å². The number of rotatable bonds is 2. The summed E-state index contributed by atoms with van der Waals surface area (Å²) >= 11 is 8.16. The Morgan fingerprint density at radius 1 is 1.54 bits per heavy atom. The summed E-state index contributed by atoms with van der Waals surface area (Å²) in [4.78, 5) is 12.2. The number of thioether (sulfide) groups is 2. The standard InChI is InChI=1S/C7H11NO2S3/c9-6(10)5-13-7(11)8-1-3-12-4-2-8/h1-5H2,(H,9,10)/p-1. The zero-order valence-electron chi connectivity index (χ0n) is 7.02. The van der Waals surface area contributed by atoms with Crippen molar-refractivity contribution in [2.75, 3.05) is 30.3 Å². The van der Waals surface area contributed by atoms with E-state index in [0.29, 0.717) is 4.32 Å². The molecule has 0 aromatic heterocycles. The number of aliphatic carboxylic acids is 1. The molecule has 0 saturated carbocycles. The number of nitrogens with zero attached hydrogens (tertiary/aromatic N) is 1. The predicted octanol–water partition coefficient (Wildman–Crippen LogP) is -0.197. The molecule has 0 aromatic rings. The molecule has 74 valence electrons. The van der Waals surface area contributed by atoms with Crippen molar-refractivity contribution in [1.29, 1.82) is 0 Å². The van der Waals surface area contributed by atoms with E-state index in [2.05, 4.69) is 4.90 Å². The minimum absolute atomic E-state index is 0.0392. The van der Waals surface area contributed by atoms with Crippen LogP contribution in [0.15, 0.2) is 0 Å². The van der Waals surface area contributed by atoms with Crippen LogP contribution in [-0.2, 0) is 4.79 Å². The van der Waals surface area contributed by atoms with Crippen LogP contribution < -0.4 is 5.11 Å². The van der Waals surface area contributed by atoms with E-state index in [1.165, 1.54) is 11.8 Å². The van der Waals surface area contributed by atoms with Crippen molar-refractivity contribution >= 4 is 46.0 Å². The van der Waals surface area contributed by atoms with Crippen LogP contribution >= 0.6 is 35.7 Å². The lowest BCUT2D eigenvalue weighted by Crippen LogP contribution is -2.36. The third-order valence-electron chi connectivity index (χ3n) is 1.58. The summed E-state index contributed by atoms with van der Waals surface area (Å²) in [6, 6.07) is 0. The fourth-order valence-electron chi connectivity index (χ4n) is 0.958. The molecule has 1 saturated heterocycles. The average molecular weight is 236 g/mol. The minimum atomic E-state index is -1.06. The van der Waals surface area contributed by atoms with Gasteiger partial charge in [0.05, 0.1) is 5.97 Å². The molecule has 3 nitrogen and oxygen atoms in total. The highest BCUT2D eigenvalue weighted by Gasteiger charge is 2.13. The third kappa shape index (κ3) is 4.19. The summed E-state index contributed by atoms with van der Waals surface area (Å²) in [5.41, 5.74) is 0. The van der Waals surface area contributed by atoms with Crippen molar-refractivity contribution in [2.24, 2.45) is 0 Å². The maximum Gasteiger partial charge on any atom is 0.136 e. The number of carboxylic acids is 1. The Hall–Kier alpha value is 0.0600. The van der Waals surface area contributed by atoms with Crippen molar-refractivity contribution in [3.63, 3.8) is 0 Å². The van der Waals surface area contributed by atoms with Crippen LogP contribution in [0.5, 0.6) is 0 Å². The van der Waals surface area contributed by atoms with Gasteiger partial charge in [-0.2, -0.15) is 11.8 Å². The molecule has 0 radical (unpaired) electrons. The van der Waals surface area contributed by atoms with E-state index in [-0.39, 0.29) is 5.75 Å². The molecule has 0 unspecified atom stereocenters. The van der Waals surface area contributed by atoms with E-state index < -0.39 is 5.97 Å². The second-order valence-electron chi connectivity index (χ2n) is 2.53. The first-order valence-electron chi connectivity index (χ1n) is 3.89. The summed E-state index contributed by atoms with van der Waals surface area (Å²) in [5.74, 6) is 1.05. The molecule has 0 aliphatic carbocycles. The van der Waals surface area contributed by atoms with Gasteiger partial charge < -0.3 is 14.8 Å². The van der Waals surface area contributed by atoms with Gasteiger partial charge in [-0.25, -0.2) is 0 Å². The highest BCUT2D eigenvalue weighted by Crippen LogP contribution is 2.15. The molecular weight excluding hydrogens is 226 g/mol. The molecule has 1 aliphatic heterocycles. The predicted molar refractivity (Wildman–Crippen MR) is 59.0 cm³/mol. The number of thiocarbonyl (C=S) groups is 1. The lowest BCUT2D eigenvalue weighted by Gasteiger charge is -2.28. The highest BCUT2D eigenvalue weighted by atomic mass is 32.2. The molecule has 0 atom stereocenters. The molecule has 0 amide bonds. The lowest BCUT2D eigenvalue weighted by molar-refractivity contribution is -0.301. The van der Waals surface area contributed by atoms with Crippen molar-refractivity contribution in [3.05, 3.63) is 0 Å². The number of carboxylic acid groups (broad SMARTS) is 1. The Labute approximate surface area is 91.2 Å². The molecule has 6 heteroatoms. The van der Waals surface area contributed by atoms with E-state index in [4.69, 9.17) is 12.2 Å². The van der Waals surface area contributed by atoms with Crippen LogP contribution in [-0.4, -0.2) is 45.5 Å². The van der Waals surface area contributed by atoms with E-state index >= 15 is 0 Å². The highest BCUT2D eigenvalue weighted by molar-refractivity contribution is 8.23. The van der Waals surface area contributed by atoms with Gasteiger partial charge in [-0.05, 0) is 0 Å². The fraction of sp³-hybridized carbons (Fsp3) is 0.714. The molecule has 1 rings (SSSR count). The Bertz CT molecular complexity index is 204. The largest absolute Gasteiger partial charge is 0.549 e. The smallest absolute Gasteiger partial charge is 0.136 e. The Morgan fingerprint density at radius 2 is 2.15 bits per heavy atom. The van der Waals surface area contributed by atoms with Gasteiger partial charge in [0.2, 0.25) is 0 Å². The molecular formula is C7H10NO2S3-. The van der Waals surface area contributed by atoms with Crippen LogP contribution in [0.4, 0.5) is 0 Å². The Morgan fingerprint density at radius 3 is 2.69 bits per heavy atom. The van der Waals surface area contributed by atoms with Gasteiger partial charge in [-0.15, -0.1) is 0 Å². The average Bonchev–Trinajstić information content (AvgIpc) is 2.15. The monoisotopic (exact) mass is 236 g/mol. The van der Waals surface area contributed by atoms with Gasteiger partial charge in [0.1, 0.15) is 4.32 Å². The van der Waals surface area contributed by atoms with Crippen LogP contribution in [0.2, 0.25) is 0 Å². The van der Waals surface area contributed by atoms with E-state index in [0.717, 1.165) is 24.6 Å². The zero-order chi connectivity index (χ0) is 9.68. The fourth-order valence-corrected chi connectivity index (χ4v) is 2.83. The van der Waals surface area contributed by atoms with Crippen LogP contribution in [0, 0.1) is 0 Å². The summed E-state index contributed by atoms with van der Waals surface area (Å²) in [6.07, 6.45) is 0. The lowest BCUT2D eigenvalue weighted by atomic mass is 10.6. The maximum absolute atomic E-state index is 10.2. The Kier molecular flexibility index (Phi) is 4.90. The topological polar surface area (TPSA) is 43.4 Å². The second-order valence-corrected chi connectivity index (χ2v) is 5.36. The molecule has 1 fully saturated rings. The zero-order valence-corrected chi connectivity index (χ0v) is 9.47. The molecule has 0 bridgehead atoms. The molecule has 0 spiro atoms. The first kappa shape index (κ1) is 11.1. The summed E-state index contributed by atoms with van der Waals surface area (Å²) in [7, 11) is 0. The quantitative estimate of drug-likeness (QED) is 0.619. The summed E-state index contributed by atoms with van der Waals surface area (Å²) < 4.78 is 0.685. The number of carbonyl (C=O) groups excluding carboxylic acids is 1. The second kappa shape index (κ2) is 5.72. The number of hydrogen-bond donors (Lipinski definition) is 0. The molecule has 1 aliphatic rings. The molecule has 0 N–H and O–H groups in total. The van der Waals surface area contributed by atoms with Gasteiger partial charge in [0, 0.05) is 30.3 Å². The van der Waals surface area contributed by atoms with E-state index in [1.54, 1.807) is 0 Å². The van der Waals surface area contributed by atoms with Gasteiger partial charge >= 0.3 is 0 Å². The van der Waals surface area contributed by atoms with Crippen LogP contribution in [0.3, 0.4) is 0 Å². The minimum Gasteiger partial charge on any atom is -0.549 e. The van der Waals surface area contributed by atoms with Crippen molar-refractivity contribution in [3.8, 4) is 0 Å². The van der Waals surface area contributed by atoms with Crippen molar-refractivity contribution in [1.82, 2.24) is 4.90 Å². The SMILES string of the molecule is O=C([O-])CSC(=S)N1CCSCC1. The van der Waals surface area contributed by atoms with Gasteiger partial charge in [0.25, 0.3) is 0 Å². The van der Waals surface area contributed by atoms with Gasteiger partial charge in [0.15, 0.2) is 0 Å². The summed E-state index contributed by atoms with van der Waals surface area (Å²) in [5, 5.41) is 10.2. The summed E-state index contributed by atoms with van der Waals surface area (Å²) in [6.45, 7) is 1.87. The normalized spacial score (nSPS) is 17.1.